The number of amides is 1. The first kappa shape index (κ1) is 21.1. The molecule has 160 valence electrons. The minimum Gasteiger partial charge on any atom is -0.326 e. The Morgan fingerprint density at radius 3 is 2.43 bits per heavy atom. The lowest BCUT2D eigenvalue weighted by atomic mass is 9.84. The number of rotatable bonds is 7. The van der Waals surface area contributed by atoms with Crippen molar-refractivity contribution >= 4 is 21.6 Å². The van der Waals surface area contributed by atoms with Crippen LogP contribution < -0.4 is 10.0 Å². The van der Waals surface area contributed by atoms with Crippen molar-refractivity contribution in [1.82, 2.24) is 4.72 Å². The van der Waals surface area contributed by atoms with Crippen LogP contribution in [0.3, 0.4) is 0 Å². The summed E-state index contributed by atoms with van der Waals surface area (Å²) in [4.78, 5) is 12.6. The second kappa shape index (κ2) is 8.52. The van der Waals surface area contributed by atoms with Gasteiger partial charge in [0.05, 0.1) is 11.3 Å². The van der Waals surface area contributed by atoms with Gasteiger partial charge >= 0.3 is 0 Å². The summed E-state index contributed by atoms with van der Waals surface area (Å²) in [6, 6.07) is 14.1. The summed E-state index contributed by atoms with van der Waals surface area (Å²) in [5.41, 5.74) is 2.64. The van der Waals surface area contributed by atoms with Gasteiger partial charge in [-0.3, -0.25) is 4.79 Å². The Balaban J connectivity index is 1.36. The molecule has 0 aliphatic heterocycles. The third kappa shape index (κ3) is 4.60. The summed E-state index contributed by atoms with van der Waals surface area (Å²) in [6.07, 6.45) is 5.22. The van der Waals surface area contributed by atoms with E-state index in [1.54, 1.807) is 24.3 Å². The van der Waals surface area contributed by atoms with Gasteiger partial charge in [-0.2, -0.15) is 0 Å². The van der Waals surface area contributed by atoms with Gasteiger partial charge < -0.3 is 5.32 Å². The maximum Gasteiger partial charge on any atom is 0.240 e. The van der Waals surface area contributed by atoms with Gasteiger partial charge in [0.15, 0.2) is 0 Å². The molecule has 4 atom stereocenters. The zero-order chi connectivity index (χ0) is 21.3. The third-order valence-electron chi connectivity index (χ3n) is 6.84. The number of aryl methyl sites for hydroxylation is 1. The van der Waals surface area contributed by atoms with Gasteiger partial charge in [0.1, 0.15) is 0 Å². The number of fused-ring (bicyclic) bond motifs is 2. The lowest BCUT2D eigenvalue weighted by molar-refractivity contribution is -0.115. The molecule has 0 spiro atoms. The molecular weight excluding hydrogens is 396 g/mol. The largest absolute Gasteiger partial charge is 0.326 e. The number of carbonyl (C=O) groups is 1. The number of hydrogen-bond donors (Lipinski definition) is 2. The average molecular weight is 427 g/mol. The van der Waals surface area contributed by atoms with Crippen LogP contribution in [-0.4, -0.2) is 20.4 Å². The van der Waals surface area contributed by atoms with Crippen LogP contribution in [0.5, 0.6) is 0 Å². The average Bonchev–Trinajstić information content (AvgIpc) is 3.33. The van der Waals surface area contributed by atoms with E-state index in [1.807, 2.05) is 38.1 Å². The van der Waals surface area contributed by atoms with E-state index in [-0.39, 0.29) is 23.3 Å². The first-order chi connectivity index (χ1) is 14.3. The van der Waals surface area contributed by atoms with Crippen molar-refractivity contribution < 1.29 is 13.2 Å². The molecule has 4 rings (SSSR count). The van der Waals surface area contributed by atoms with Crippen LogP contribution >= 0.6 is 0 Å². The number of anilines is 1. The summed E-state index contributed by atoms with van der Waals surface area (Å²) >= 11 is 0. The van der Waals surface area contributed by atoms with E-state index in [9.17, 15) is 13.2 Å². The van der Waals surface area contributed by atoms with Crippen LogP contribution in [0.4, 0.5) is 5.69 Å². The van der Waals surface area contributed by atoms with Gasteiger partial charge in [-0.1, -0.05) is 30.7 Å². The van der Waals surface area contributed by atoms with Crippen LogP contribution in [0.2, 0.25) is 0 Å². The summed E-state index contributed by atoms with van der Waals surface area (Å²) < 4.78 is 28.5. The molecule has 2 aliphatic rings. The highest BCUT2D eigenvalue weighted by Gasteiger charge is 2.42. The molecule has 2 bridgehead atoms. The van der Waals surface area contributed by atoms with Crippen LogP contribution in [-0.2, 0) is 21.2 Å². The molecule has 2 N–H and O–H groups in total. The Kier molecular flexibility index (Phi) is 5.98. The predicted octanol–water partition coefficient (Wildman–Crippen LogP) is 4.28. The van der Waals surface area contributed by atoms with E-state index < -0.39 is 10.0 Å². The molecule has 0 heterocycles. The van der Waals surface area contributed by atoms with Crippen molar-refractivity contribution in [3.05, 3.63) is 59.7 Å². The third-order valence-corrected chi connectivity index (χ3v) is 8.41. The topological polar surface area (TPSA) is 75.3 Å². The molecule has 0 saturated heterocycles. The molecule has 5 nitrogen and oxygen atoms in total. The molecule has 2 saturated carbocycles. The zero-order valence-electron chi connectivity index (χ0n) is 17.6. The molecule has 4 unspecified atom stereocenters. The van der Waals surface area contributed by atoms with E-state index in [1.165, 1.54) is 19.3 Å². The zero-order valence-corrected chi connectivity index (χ0v) is 18.4. The monoisotopic (exact) mass is 426 g/mol. The number of nitrogens with one attached hydrogen (secondary N) is 2. The van der Waals surface area contributed by atoms with E-state index >= 15 is 0 Å². The smallest absolute Gasteiger partial charge is 0.240 e. The van der Waals surface area contributed by atoms with Crippen molar-refractivity contribution in [2.75, 3.05) is 5.32 Å². The fourth-order valence-electron chi connectivity index (χ4n) is 5.21. The van der Waals surface area contributed by atoms with Gasteiger partial charge in [0.2, 0.25) is 15.9 Å². The molecular formula is C24H30N2O3S. The first-order valence-electron chi connectivity index (χ1n) is 10.8. The molecule has 1 amide bonds. The van der Waals surface area contributed by atoms with Crippen LogP contribution in [0.25, 0.3) is 0 Å². The summed E-state index contributed by atoms with van der Waals surface area (Å²) in [6.45, 7) is 3.97. The SMILES string of the molecule is Cc1ccccc1CC(=O)Nc1ccc(S(=O)(=O)NC(C)C2CC3CCC2C3)cc1. The van der Waals surface area contributed by atoms with Gasteiger partial charge in [-0.25, -0.2) is 13.1 Å². The predicted molar refractivity (Wildman–Crippen MR) is 119 cm³/mol. The Morgan fingerprint density at radius 1 is 1.07 bits per heavy atom. The maximum atomic E-state index is 12.8. The molecule has 2 aromatic rings. The standard InChI is InChI=1S/C24H30N2O3S/c1-16-5-3-4-6-19(16)15-24(27)25-21-9-11-22(12-10-21)30(28,29)26-17(2)23-14-18-7-8-20(23)13-18/h3-6,9-12,17-18,20,23,26H,7-8,13-15H2,1-2H3,(H,25,27). The number of sulfonamides is 1. The van der Waals surface area contributed by atoms with Gasteiger partial charge in [-0.05, 0) is 86.3 Å². The number of carbonyl (C=O) groups excluding carboxylic acids is 1. The Labute approximate surface area is 179 Å². The molecule has 2 fully saturated rings. The van der Waals surface area contributed by atoms with Crippen molar-refractivity contribution in [3.63, 3.8) is 0 Å². The van der Waals surface area contributed by atoms with Crippen molar-refractivity contribution in [1.29, 1.82) is 0 Å². The molecule has 30 heavy (non-hydrogen) atoms. The minimum atomic E-state index is -3.58. The summed E-state index contributed by atoms with van der Waals surface area (Å²) in [5.74, 6) is 1.77. The second-order valence-corrected chi connectivity index (χ2v) is 10.6. The quantitative estimate of drug-likeness (QED) is 0.694. The van der Waals surface area contributed by atoms with Gasteiger partial charge in [0, 0.05) is 11.7 Å². The van der Waals surface area contributed by atoms with E-state index in [0.29, 0.717) is 17.5 Å². The highest BCUT2D eigenvalue weighted by molar-refractivity contribution is 7.89. The Hall–Kier alpha value is -2.18. The van der Waals surface area contributed by atoms with E-state index in [0.717, 1.165) is 23.5 Å². The minimum absolute atomic E-state index is 0.0567. The molecule has 2 aromatic carbocycles. The Morgan fingerprint density at radius 2 is 1.80 bits per heavy atom. The number of hydrogen-bond acceptors (Lipinski definition) is 3. The molecule has 0 aromatic heterocycles. The van der Waals surface area contributed by atoms with Crippen molar-refractivity contribution in [2.45, 2.75) is 56.9 Å². The van der Waals surface area contributed by atoms with Crippen LogP contribution in [0.1, 0.15) is 43.7 Å². The lowest BCUT2D eigenvalue weighted by Gasteiger charge is -2.28. The van der Waals surface area contributed by atoms with Crippen molar-refractivity contribution in [3.8, 4) is 0 Å². The number of benzene rings is 2. The molecule has 2 aliphatic carbocycles. The van der Waals surface area contributed by atoms with Gasteiger partial charge in [0.25, 0.3) is 0 Å². The Bertz CT molecular complexity index is 1020. The fraction of sp³-hybridized carbons (Fsp3) is 0.458. The second-order valence-electron chi connectivity index (χ2n) is 8.92. The highest BCUT2D eigenvalue weighted by atomic mass is 32.2. The lowest BCUT2D eigenvalue weighted by Crippen LogP contribution is -2.40. The van der Waals surface area contributed by atoms with E-state index in [2.05, 4.69) is 10.0 Å². The fourth-order valence-corrected chi connectivity index (χ4v) is 6.51. The molecule has 0 radical (unpaired) electrons. The maximum absolute atomic E-state index is 12.8. The summed E-state index contributed by atoms with van der Waals surface area (Å²) in [7, 11) is -3.58. The van der Waals surface area contributed by atoms with E-state index in [4.69, 9.17) is 0 Å². The van der Waals surface area contributed by atoms with Gasteiger partial charge in [-0.15, -0.1) is 0 Å². The normalized spacial score (nSPS) is 24.0. The van der Waals surface area contributed by atoms with Crippen molar-refractivity contribution in [2.24, 2.45) is 17.8 Å². The van der Waals surface area contributed by atoms with Crippen LogP contribution in [0.15, 0.2) is 53.4 Å². The highest BCUT2D eigenvalue weighted by Crippen LogP contribution is 2.49. The first-order valence-corrected chi connectivity index (χ1v) is 12.3. The summed E-state index contributed by atoms with van der Waals surface area (Å²) in [5, 5.41) is 2.85. The van der Waals surface area contributed by atoms with Crippen LogP contribution in [0, 0.1) is 24.7 Å². The molecule has 6 heteroatoms.